The fourth-order valence-electron chi connectivity index (χ4n) is 4.46. The highest BCUT2D eigenvalue weighted by Crippen LogP contribution is 2.45. The lowest BCUT2D eigenvalue weighted by Gasteiger charge is -2.43. The monoisotopic (exact) mass is 449 g/mol. The summed E-state index contributed by atoms with van der Waals surface area (Å²) in [7, 11) is 0. The molecule has 0 bridgehead atoms. The van der Waals surface area contributed by atoms with Crippen LogP contribution in [0.3, 0.4) is 0 Å². The average molecular weight is 450 g/mol. The number of benzene rings is 1. The Kier molecular flexibility index (Phi) is 5.74. The second-order valence-corrected chi connectivity index (χ2v) is 8.95. The number of alkyl halides is 1. The fraction of sp³-hybridized carbons (Fsp3) is 0.360. The molecular weight excluding hydrogens is 424 g/mol. The largest absolute Gasteiger partial charge is 0.353 e. The lowest BCUT2D eigenvalue weighted by molar-refractivity contribution is 0.0916. The molecule has 170 valence electrons. The third-order valence-electron chi connectivity index (χ3n) is 6.62. The molecule has 0 saturated heterocycles. The van der Waals surface area contributed by atoms with Gasteiger partial charge in [0, 0.05) is 47.7 Å². The number of nitrogens with zero attached hydrogens (tertiary/aromatic N) is 3. The van der Waals surface area contributed by atoms with Crippen molar-refractivity contribution in [2.45, 2.75) is 49.7 Å². The van der Waals surface area contributed by atoms with Crippen molar-refractivity contribution in [2.24, 2.45) is 0 Å². The van der Waals surface area contributed by atoms with E-state index in [1.54, 1.807) is 18.5 Å². The standard InChI is InChI=1S/C25H25F2N5O/c26-19-11-25(12-19,22-21(27)8-3-9-28-22)15-31-24-29-13-18(14-30-24)16-4-1-5-17(10-16)23(33)32-20-6-2-7-20/h1,3-5,8-10,13-14,19-20H,2,6-7,11-12,15H2,(H,32,33)(H,29,30,31)/t19-,25-. The number of aromatic nitrogens is 3. The summed E-state index contributed by atoms with van der Waals surface area (Å²) in [5, 5.41) is 6.16. The first kappa shape index (κ1) is 21.4. The number of rotatable bonds is 7. The maximum Gasteiger partial charge on any atom is 0.251 e. The van der Waals surface area contributed by atoms with Gasteiger partial charge >= 0.3 is 0 Å². The highest BCUT2D eigenvalue weighted by molar-refractivity contribution is 5.95. The van der Waals surface area contributed by atoms with Crippen LogP contribution in [0.2, 0.25) is 0 Å². The third kappa shape index (κ3) is 4.42. The molecule has 2 fully saturated rings. The molecule has 8 heteroatoms. The van der Waals surface area contributed by atoms with E-state index in [-0.39, 0.29) is 37.0 Å². The van der Waals surface area contributed by atoms with Crippen LogP contribution in [0.15, 0.2) is 55.0 Å². The van der Waals surface area contributed by atoms with E-state index in [0.29, 0.717) is 11.5 Å². The van der Waals surface area contributed by atoms with Crippen LogP contribution in [0.4, 0.5) is 14.7 Å². The van der Waals surface area contributed by atoms with E-state index >= 15 is 0 Å². The average Bonchev–Trinajstić information content (AvgIpc) is 2.79. The number of anilines is 1. The van der Waals surface area contributed by atoms with Crippen molar-refractivity contribution < 1.29 is 13.6 Å². The number of hydrogen-bond acceptors (Lipinski definition) is 5. The molecule has 2 N–H and O–H groups in total. The van der Waals surface area contributed by atoms with Crippen LogP contribution in [-0.4, -0.2) is 39.6 Å². The van der Waals surface area contributed by atoms with Crippen LogP contribution in [0, 0.1) is 5.82 Å². The molecule has 0 aliphatic heterocycles. The normalized spacial score (nSPS) is 22.2. The van der Waals surface area contributed by atoms with Crippen molar-refractivity contribution in [3.8, 4) is 11.1 Å². The van der Waals surface area contributed by atoms with Crippen molar-refractivity contribution in [3.05, 3.63) is 72.1 Å². The number of amides is 1. The van der Waals surface area contributed by atoms with E-state index < -0.39 is 17.4 Å². The van der Waals surface area contributed by atoms with Gasteiger partial charge in [0.25, 0.3) is 5.91 Å². The van der Waals surface area contributed by atoms with Gasteiger partial charge in [0.15, 0.2) is 0 Å². The van der Waals surface area contributed by atoms with E-state index in [4.69, 9.17) is 0 Å². The highest BCUT2D eigenvalue weighted by atomic mass is 19.1. The summed E-state index contributed by atoms with van der Waals surface area (Å²) in [4.78, 5) is 25.4. The molecule has 2 heterocycles. The summed E-state index contributed by atoms with van der Waals surface area (Å²) >= 11 is 0. The second kappa shape index (κ2) is 8.84. The van der Waals surface area contributed by atoms with E-state index in [9.17, 15) is 13.6 Å². The Labute approximate surface area is 190 Å². The Bertz CT molecular complexity index is 1140. The van der Waals surface area contributed by atoms with Gasteiger partial charge < -0.3 is 10.6 Å². The number of hydrogen-bond donors (Lipinski definition) is 2. The second-order valence-electron chi connectivity index (χ2n) is 8.95. The van der Waals surface area contributed by atoms with Gasteiger partial charge in [0.2, 0.25) is 5.95 Å². The first-order valence-corrected chi connectivity index (χ1v) is 11.2. The smallest absolute Gasteiger partial charge is 0.251 e. The van der Waals surface area contributed by atoms with Crippen LogP contribution >= 0.6 is 0 Å². The Hall–Kier alpha value is -3.42. The summed E-state index contributed by atoms with van der Waals surface area (Å²) in [5.74, 6) is -0.126. The van der Waals surface area contributed by atoms with E-state index in [1.165, 1.54) is 18.3 Å². The van der Waals surface area contributed by atoms with Gasteiger partial charge in [0.1, 0.15) is 12.0 Å². The molecule has 0 atom stereocenters. The van der Waals surface area contributed by atoms with Gasteiger partial charge in [-0.1, -0.05) is 12.1 Å². The number of pyridine rings is 1. The fourth-order valence-corrected chi connectivity index (χ4v) is 4.46. The van der Waals surface area contributed by atoms with Gasteiger partial charge in [0.05, 0.1) is 5.69 Å². The van der Waals surface area contributed by atoms with E-state index in [1.807, 2.05) is 18.2 Å². The predicted octanol–water partition coefficient (Wildman–Crippen LogP) is 4.44. The molecule has 2 saturated carbocycles. The molecule has 0 unspecified atom stereocenters. The van der Waals surface area contributed by atoms with Gasteiger partial charge in [-0.3, -0.25) is 9.78 Å². The molecule has 33 heavy (non-hydrogen) atoms. The zero-order chi connectivity index (χ0) is 22.8. The molecule has 6 nitrogen and oxygen atoms in total. The Morgan fingerprint density at radius 3 is 2.52 bits per heavy atom. The van der Waals surface area contributed by atoms with Gasteiger partial charge in [-0.2, -0.15) is 0 Å². The Morgan fingerprint density at radius 2 is 1.85 bits per heavy atom. The van der Waals surface area contributed by atoms with E-state index in [2.05, 4.69) is 25.6 Å². The first-order valence-electron chi connectivity index (χ1n) is 11.2. The predicted molar refractivity (Wildman–Crippen MR) is 121 cm³/mol. The molecule has 0 radical (unpaired) electrons. The number of carbonyl (C=O) groups is 1. The summed E-state index contributed by atoms with van der Waals surface area (Å²) < 4.78 is 28.1. The molecule has 1 aromatic carbocycles. The van der Waals surface area contributed by atoms with Gasteiger partial charge in [-0.15, -0.1) is 0 Å². The lowest BCUT2D eigenvalue weighted by Crippen LogP contribution is -2.49. The first-order chi connectivity index (χ1) is 16.0. The van der Waals surface area contributed by atoms with Crippen molar-refractivity contribution in [3.63, 3.8) is 0 Å². The summed E-state index contributed by atoms with van der Waals surface area (Å²) in [5.41, 5.74) is 1.78. The Balaban J connectivity index is 1.27. The van der Waals surface area contributed by atoms with Crippen molar-refractivity contribution in [1.82, 2.24) is 20.3 Å². The molecule has 2 aliphatic rings. The summed E-state index contributed by atoms with van der Waals surface area (Å²) in [6, 6.07) is 10.5. The van der Waals surface area contributed by atoms with Crippen LogP contribution < -0.4 is 10.6 Å². The highest BCUT2D eigenvalue weighted by Gasteiger charge is 2.48. The molecule has 2 aromatic heterocycles. The maximum absolute atomic E-state index is 14.3. The quantitative estimate of drug-likeness (QED) is 0.557. The van der Waals surface area contributed by atoms with Crippen LogP contribution in [0.25, 0.3) is 11.1 Å². The maximum atomic E-state index is 14.3. The third-order valence-corrected chi connectivity index (χ3v) is 6.62. The van der Waals surface area contributed by atoms with Crippen molar-refractivity contribution in [1.29, 1.82) is 0 Å². The van der Waals surface area contributed by atoms with Crippen molar-refractivity contribution in [2.75, 3.05) is 11.9 Å². The Morgan fingerprint density at radius 1 is 1.06 bits per heavy atom. The zero-order valence-corrected chi connectivity index (χ0v) is 18.1. The molecule has 2 aliphatic carbocycles. The van der Waals surface area contributed by atoms with Gasteiger partial charge in [-0.05, 0) is 61.9 Å². The minimum Gasteiger partial charge on any atom is -0.353 e. The molecule has 5 rings (SSSR count). The molecule has 1 amide bonds. The van der Waals surface area contributed by atoms with Gasteiger partial charge in [-0.25, -0.2) is 18.7 Å². The summed E-state index contributed by atoms with van der Waals surface area (Å²) in [6.45, 7) is 0.289. The molecular formula is C25H25F2N5O. The topological polar surface area (TPSA) is 79.8 Å². The zero-order valence-electron chi connectivity index (χ0n) is 18.1. The SMILES string of the molecule is O=C(NC1CCC1)c1cccc(-c2cnc(NC[C@]3(c4ncccc4F)C[C@H](F)C3)nc2)c1. The number of halogens is 2. The molecule has 0 spiro atoms. The van der Waals surface area contributed by atoms with E-state index in [0.717, 1.165) is 30.4 Å². The van der Waals surface area contributed by atoms with Crippen LogP contribution in [-0.2, 0) is 5.41 Å². The van der Waals surface area contributed by atoms with Crippen molar-refractivity contribution >= 4 is 11.9 Å². The molecule has 3 aromatic rings. The number of nitrogens with one attached hydrogen (secondary N) is 2. The van der Waals surface area contributed by atoms with Crippen LogP contribution in [0.5, 0.6) is 0 Å². The minimum atomic E-state index is -0.967. The number of carbonyl (C=O) groups excluding carboxylic acids is 1. The minimum absolute atomic E-state index is 0.0699. The van der Waals surface area contributed by atoms with Crippen LogP contribution in [0.1, 0.15) is 48.2 Å². The summed E-state index contributed by atoms with van der Waals surface area (Å²) in [6.07, 6.45) is 7.55. The lowest BCUT2D eigenvalue weighted by atomic mass is 9.65.